The van der Waals surface area contributed by atoms with Crippen molar-refractivity contribution in [2.75, 3.05) is 13.1 Å². The van der Waals surface area contributed by atoms with Crippen LogP contribution in [0.1, 0.15) is 28.6 Å². The van der Waals surface area contributed by atoms with E-state index in [9.17, 15) is 0 Å². The van der Waals surface area contributed by atoms with Gasteiger partial charge in [-0.05, 0) is 38.4 Å². The molecule has 1 fully saturated rings. The molecule has 0 radical (unpaired) electrons. The Bertz CT molecular complexity index is 483. The molecular weight excluding hydrogens is 232 g/mol. The number of aryl methyl sites for hydroxylation is 1. The zero-order valence-corrected chi connectivity index (χ0v) is 10.7. The van der Waals surface area contributed by atoms with Crippen molar-refractivity contribution in [1.82, 2.24) is 10.3 Å². The van der Waals surface area contributed by atoms with Gasteiger partial charge in [0.2, 0.25) is 0 Å². The maximum Gasteiger partial charge on any atom is 0.153 e. The maximum atomic E-state index is 5.43. The number of nitrogens with one attached hydrogen (secondary N) is 1. The first-order valence-corrected chi connectivity index (χ1v) is 6.88. The third-order valence-corrected chi connectivity index (χ3v) is 4.35. The van der Waals surface area contributed by atoms with Crippen LogP contribution in [0, 0.1) is 6.92 Å². The molecule has 0 aromatic carbocycles. The Kier molecular flexibility index (Phi) is 2.99. The third-order valence-electron chi connectivity index (χ3n) is 3.21. The van der Waals surface area contributed by atoms with Crippen LogP contribution in [0.15, 0.2) is 22.8 Å². The molecule has 0 bridgehead atoms. The lowest BCUT2D eigenvalue weighted by molar-refractivity contribution is 0.460. The van der Waals surface area contributed by atoms with Crippen LogP contribution in [0.3, 0.4) is 0 Å². The Morgan fingerprint density at radius 3 is 3.18 bits per heavy atom. The van der Waals surface area contributed by atoms with Crippen molar-refractivity contribution in [2.24, 2.45) is 0 Å². The number of nitrogens with zero attached hydrogens (tertiary/aromatic N) is 1. The van der Waals surface area contributed by atoms with Gasteiger partial charge in [-0.3, -0.25) is 0 Å². The molecule has 3 heterocycles. The number of piperidine rings is 1. The van der Waals surface area contributed by atoms with Gasteiger partial charge >= 0.3 is 0 Å². The second-order valence-corrected chi connectivity index (χ2v) is 5.71. The Balaban J connectivity index is 1.90. The third kappa shape index (κ3) is 2.15. The quantitative estimate of drug-likeness (QED) is 0.887. The Morgan fingerprint density at radius 1 is 1.53 bits per heavy atom. The molecule has 3 nitrogen and oxygen atoms in total. The highest BCUT2D eigenvalue weighted by Gasteiger charge is 2.21. The first-order valence-electron chi connectivity index (χ1n) is 6.06. The zero-order chi connectivity index (χ0) is 11.7. The van der Waals surface area contributed by atoms with E-state index in [-0.39, 0.29) is 0 Å². The molecule has 1 unspecified atom stereocenters. The molecule has 3 rings (SSSR count). The minimum absolute atomic E-state index is 0.580. The van der Waals surface area contributed by atoms with E-state index in [1.54, 1.807) is 6.26 Å². The summed E-state index contributed by atoms with van der Waals surface area (Å²) in [6, 6.07) is 3.89. The van der Waals surface area contributed by atoms with Gasteiger partial charge in [-0.25, -0.2) is 4.98 Å². The summed E-state index contributed by atoms with van der Waals surface area (Å²) in [5.74, 6) is 1.46. The van der Waals surface area contributed by atoms with Gasteiger partial charge in [-0.15, -0.1) is 11.3 Å². The van der Waals surface area contributed by atoms with Crippen molar-refractivity contribution in [2.45, 2.75) is 25.7 Å². The molecule has 0 aliphatic carbocycles. The van der Waals surface area contributed by atoms with E-state index < -0.39 is 0 Å². The van der Waals surface area contributed by atoms with Crippen LogP contribution in [0.2, 0.25) is 0 Å². The summed E-state index contributed by atoms with van der Waals surface area (Å²) >= 11 is 1.81. The maximum absolute atomic E-state index is 5.43. The molecule has 90 valence electrons. The fourth-order valence-electron chi connectivity index (χ4n) is 2.30. The monoisotopic (exact) mass is 248 g/mol. The molecule has 1 N–H and O–H groups in total. The summed E-state index contributed by atoms with van der Waals surface area (Å²) in [4.78, 5) is 6.01. The summed E-state index contributed by atoms with van der Waals surface area (Å²) < 4.78 is 5.43. The number of hydrogen-bond acceptors (Lipinski definition) is 4. The molecule has 2 aromatic rings. The summed E-state index contributed by atoms with van der Waals surface area (Å²) in [6.45, 7) is 4.33. The molecular formula is C13H16N2OS. The lowest BCUT2D eigenvalue weighted by atomic mass is 10.0. The first kappa shape index (κ1) is 11.0. The Labute approximate surface area is 105 Å². The highest BCUT2D eigenvalue weighted by Crippen LogP contribution is 2.33. The van der Waals surface area contributed by atoms with E-state index in [1.165, 1.54) is 22.7 Å². The van der Waals surface area contributed by atoms with Gasteiger partial charge < -0.3 is 9.73 Å². The van der Waals surface area contributed by atoms with Crippen molar-refractivity contribution >= 4 is 11.3 Å². The summed E-state index contributed by atoms with van der Waals surface area (Å²) in [7, 11) is 0. The van der Waals surface area contributed by atoms with Gasteiger partial charge in [-0.2, -0.15) is 0 Å². The van der Waals surface area contributed by atoms with E-state index in [2.05, 4.69) is 12.2 Å². The van der Waals surface area contributed by atoms with E-state index in [1.807, 2.05) is 23.5 Å². The van der Waals surface area contributed by atoms with Gasteiger partial charge in [0.15, 0.2) is 5.76 Å². The molecule has 1 aliphatic heterocycles. The van der Waals surface area contributed by atoms with Crippen LogP contribution in [-0.2, 0) is 0 Å². The largest absolute Gasteiger partial charge is 0.463 e. The summed E-state index contributed by atoms with van der Waals surface area (Å²) in [5.41, 5.74) is 1.01. The average Bonchev–Trinajstić information content (AvgIpc) is 2.99. The predicted octanol–water partition coefficient (Wildman–Crippen LogP) is 3.18. The Morgan fingerprint density at radius 2 is 2.47 bits per heavy atom. The van der Waals surface area contributed by atoms with Crippen molar-refractivity contribution < 1.29 is 4.42 Å². The van der Waals surface area contributed by atoms with Gasteiger partial charge in [0.25, 0.3) is 0 Å². The van der Waals surface area contributed by atoms with Crippen LogP contribution in [0.25, 0.3) is 11.5 Å². The molecule has 1 atom stereocenters. The van der Waals surface area contributed by atoms with Crippen LogP contribution in [0.5, 0.6) is 0 Å². The predicted molar refractivity (Wildman–Crippen MR) is 69.4 cm³/mol. The number of rotatable bonds is 2. The molecule has 4 heteroatoms. The highest BCUT2D eigenvalue weighted by atomic mass is 32.1. The van der Waals surface area contributed by atoms with Gasteiger partial charge in [0.05, 0.1) is 11.3 Å². The molecule has 1 aliphatic rings. The lowest BCUT2D eigenvalue weighted by Gasteiger charge is -2.20. The van der Waals surface area contributed by atoms with Crippen molar-refractivity contribution in [1.29, 1.82) is 0 Å². The second kappa shape index (κ2) is 4.63. The molecule has 0 saturated carbocycles. The zero-order valence-electron chi connectivity index (χ0n) is 9.90. The molecule has 2 aromatic heterocycles. The molecule has 17 heavy (non-hydrogen) atoms. The van der Waals surface area contributed by atoms with Crippen molar-refractivity contribution in [3.05, 3.63) is 28.3 Å². The molecule has 1 saturated heterocycles. The van der Waals surface area contributed by atoms with Crippen molar-refractivity contribution in [3.8, 4) is 11.5 Å². The minimum Gasteiger partial charge on any atom is -0.463 e. The topological polar surface area (TPSA) is 38.1 Å². The van der Waals surface area contributed by atoms with Gasteiger partial charge in [-0.1, -0.05) is 0 Å². The van der Waals surface area contributed by atoms with E-state index in [0.29, 0.717) is 5.92 Å². The molecule has 0 spiro atoms. The minimum atomic E-state index is 0.580. The van der Waals surface area contributed by atoms with E-state index in [4.69, 9.17) is 9.40 Å². The molecule has 0 amide bonds. The fraction of sp³-hybridized carbons (Fsp3) is 0.462. The lowest BCUT2D eigenvalue weighted by Crippen LogP contribution is -2.28. The van der Waals surface area contributed by atoms with E-state index >= 15 is 0 Å². The van der Waals surface area contributed by atoms with Gasteiger partial charge in [0.1, 0.15) is 5.69 Å². The average molecular weight is 248 g/mol. The van der Waals surface area contributed by atoms with Crippen LogP contribution >= 0.6 is 11.3 Å². The smallest absolute Gasteiger partial charge is 0.153 e. The normalized spacial score (nSPS) is 20.6. The SMILES string of the molecule is Cc1sc(C2CCCNC2)nc1-c1ccco1. The summed E-state index contributed by atoms with van der Waals surface area (Å²) in [6.07, 6.45) is 4.20. The fourth-order valence-corrected chi connectivity index (χ4v) is 3.36. The number of furan rings is 1. The first-order chi connectivity index (χ1) is 8.34. The van der Waals surface area contributed by atoms with Crippen LogP contribution in [0.4, 0.5) is 0 Å². The Hall–Kier alpha value is -1.13. The number of aromatic nitrogens is 1. The van der Waals surface area contributed by atoms with Crippen LogP contribution in [-0.4, -0.2) is 18.1 Å². The number of hydrogen-bond donors (Lipinski definition) is 1. The summed E-state index contributed by atoms with van der Waals surface area (Å²) in [5, 5.41) is 4.69. The van der Waals surface area contributed by atoms with Gasteiger partial charge in [0, 0.05) is 17.3 Å². The van der Waals surface area contributed by atoms with Crippen LogP contribution < -0.4 is 5.32 Å². The number of thiazole rings is 1. The standard InChI is InChI=1S/C13H16N2OS/c1-9-12(11-5-3-7-16-11)15-13(17-9)10-4-2-6-14-8-10/h3,5,7,10,14H,2,4,6,8H2,1H3. The highest BCUT2D eigenvalue weighted by molar-refractivity contribution is 7.12. The van der Waals surface area contributed by atoms with Crippen molar-refractivity contribution in [3.63, 3.8) is 0 Å². The second-order valence-electron chi connectivity index (χ2n) is 4.48. The van der Waals surface area contributed by atoms with E-state index in [0.717, 1.165) is 24.5 Å².